The Balaban J connectivity index is 1.53. The van der Waals surface area contributed by atoms with E-state index in [1.54, 1.807) is 10.7 Å². The first-order chi connectivity index (χ1) is 12.9. The van der Waals surface area contributed by atoms with Crippen molar-refractivity contribution in [2.75, 3.05) is 5.32 Å². The van der Waals surface area contributed by atoms with Gasteiger partial charge in [0.1, 0.15) is 5.82 Å². The molecule has 1 aromatic carbocycles. The highest BCUT2D eigenvalue weighted by atomic mass is 15.3. The van der Waals surface area contributed by atoms with Crippen LogP contribution in [0.25, 0.3) is 22.6 Å². The molecule has 0 bridgehead atoms. The van der Waals surface area contributed by atoms with Gasteiger partial charge in [0, 0.05) is 23.9 Å². The summed E-state index contributed by atoms with van der Waals surface area (Å²) in [6.45, 7) is 0.526. The molecule has 0 saturated carbocycles. The molecule has 0 amide bonds. The maximum Gasteiger partial charge on any atom is 0.160 e. The van der Waals surface area contributed by atoms with Crippen LogP contribution in [0.1, 0.15) is 5.82 Å². The molecule has 0 atom stereocenters. The summed E-state index contributed by atoms with van der Waals surface area (Å²) < 4.78 is 3.75. The topological polar surface area (TPSA) is 72.4 Å². The van der Waals surface area contributed by atoms with Gasteiger partial charge in [-0.15, -0.1) is 10.2 Å². The molecule has 0 unspecified atom stereocenters. The number of pyridine rings is 1. The summed E-state index contributed by atoms with van der Waals surface area (Å²) in [4.78, 5) is 4.69. The van der Waals surface area contributed by atoms with Crippen LogP contribution in [0, 0.1) is 0 Å². The van der Waals surface area contributed by atoms with Crippen molar-refractivity contribution >= 4 is 17.1 Å². The second-order valence-electron chi connectivity index (χ2n) is 5.89. The van der Waals surface area contributed by atoms with Crippen molar-refractivity contribution in [3.8, 4) is 11.3 Å². The van der Waals surface area contributed by atoms with E-state index >= 15 is 0 Å². The standard InChI is InChI=1S/C19H15N7/c1-2-6-14(7-3-1)15-12-18(26-16(22-15)9-10-21-26)20-13-19-24-23-17-8-4-5-11-25(17)19/h1-12,20H,13H2. The number of anilines is 1. The molecule has 126 valence electrons. The first-order valence-electron chi connectivity index (χ1n) is 8.31. The molecule has 7 heteroatoms. The lowest BCUT2D eigenvalue weighted by Crippen LogP contribution is -2.09. The Morgan fingerprint density at radius 1 is 0.885 bits per heavy atom. The average molecular weight is 341 g/mol. The largest absolute Gasteiger partial charge is 0.363 e. The van der Waals surface area contributed by atoms with Gasteiger partial charge < -0.3 is 5.32 Å². The number of nitrogens with one attached hydrogen (secondary N) is 1. The maximum absolute atomic E-state index is 4.69. The van der Waals surface area contributed by atoms with Crippen LogP contribution in [0.15, 0.2) is 73.1 Å². The normalized spacial score (nSPS) is 11.2. The van der Waals surface area contributed by atoms with Crippen molar-refractivity contribution in [2.24, 2.45) is 0 Å². The Bertz CT molecular complexity index is 1190. The molecule has 4 heterocycles. The van der Waals surface area contributed by atoms with Crippen LogP contribution in [0.4, 0.5) is 5.82 Å². The predicted octanol–water partition coefficient (Wildman–Crippen LogP) is 3.05. The first-order valence-corrected chi connectivity index (χ1v) is 8.31. The van der Waals surface area contributed by atoms with E-state index in [0.29, 0.717) is 6.54 Å². The van der Waals surface area contributed by atoms with Crippen molar-refractivity contribution < 1.29 is 0 Å². The number of hydrogen-bond donors (Lipinski definition) is 1. The second-order valence-corrected chi connectivity index (χ2v) is 5.89. The average Bonchev–Trinajstić information content (AvgIpc) is 3.33. The molecular weight excluding hydrogens is 326 g/mol. The zero-order valence-corrected chi connectivity index (χ0v) is 13.8. The molecule has 0 aliphatic carbocycles. The molecule has 0 aliphatic heterocycles. The molecule has 5 aromatic rings. The predicted molar refractivity (Wildman–Crippen MR) is 98.7 cm³/mol. The Hall–Kier alpha value is -3.74. The van der Waals surface area contributed by atoms with Crippen LogP contribution in [-0.4, -0.2) is 29.2 Å². The monoisotopic (exact) mass is 341 g/mol. The minimum atomic E-state index is 0.526. The molecule has 0 saturated heterocycles. The minimum Gasteiger partial charge on any atom is -0.363 e. The van der Waals surface area contributed by atoms with Gasteiger partial charge in [-0.25, -0.2) is 4.98 Å². The van der Waals surface area contributed by atoms with E-state index in [1.807, 2.05) is 71.3 Å². The van der Waals surface area contributed by atoms with E-state index in [2.05, 4.69) is 25.6 Å². The lowest BCUT2D eigenvalue weighted by Gasteiger charge is -2.10. The molecule has 0 radical (unpaired) electrons. The number of hydrogen-bond acceptors (Lipinski definition) is 5. The smallest absolute Gasteiger partial charge is 0.160 e. The van der Waals surface area contributed by atoms with Gasteiger partial charge in [0.2, 0.25) is 0 Å². The second kappa shape index (κ2) is 5.96. The number of rotatable bonds is 4. The molecular formula is C19H15N7. The summed E-state index contributed by atoms with van der Waals surface area (Å²) in [7, 11) is 0. The Morgan fingerprint density at radius 2 is 1.77 bits per heavy atom. The molecule has 0 aliphatic rings. The fourth-order valence-corrected chi connectivity index (χ4v) is 2.98. The van der Waals surface area contributed by atoms with Gasteiger partial charge in [-0.1, -0.05) is 36.4 Å². The van der Waals surface area contributed by atoms with Gasteiger partial charge >= 0.3 is 0 Å². The van der Waals surface area contributed by atoms with E-state index in [9.17, 15) is 0 Å². The van der Waals surface area contributed by atoms with Gasteiger partial charge in [0.25, 0.3) is 0 Å². The highest BCUT2D eigenvalue weighted by Crippen LogP contribution is 2.22. The van der Waals surface area contributed by atoms with Gasteiger partial charge in [0.05, 0.1) is 18.4 Å². The SMILES string of the molecule is c1ccc(-c2cc(NCc3nnc4ccccn34)n3nccc3n2)cc1. The zero-order chi connectivity index (χ0) is 17.3. The van der Waals surface area contributed by atoms with Crippen molar-refractivity contribution in [1.82, 2.24) is 29.2 Å². The maximum atomic E-state index is 4.69. The number of fused-ring (bicyclic) bond motifs is 2. The Morgan fingerprint density at radius 3 is 2.69 bits per heavy atom. The van der Waals surface area contributed by atoms with Gasteiger partial charge in [-0.05, 0) is 12.1 Å². The highest BCUT2D eigenvalue weighted by molar-refractivity contribution is 5.66. The highest BCUT2D eigenvalue weighted by Gasteiger charge is 2.10. The molecule has 0 fully saturated rings. The van der Waals surface area contributed by atoms with E-state index in [-0.39, 0.29) is 0 Å². The van der Waals surface area contributed by atoms with Gasteiger partial charge in [-0.3, -0.25) is 4.40 Å². The molecule has 26 heavy (non-hydrogen) atoms. The third-order valence-electron chi connectivity index (χ3n) is 4.24. The quantitative estimate of drug-likeness (QED) is 0.544. The first kappa shape index (κ1) is 14.6. The summed E-state index contributed by atoms with van der Waals surface area (Å²) in [5.41, 5.74) is 3.58. The number of benzene rings is 1. The summed E-state index contributed by atoms with van der Waals surface area (Å²) in [5, 5.41) is 16.2. The zero-order valence-electron chi connectivity index (χ0n) is 13.8. The van der Waals surface area contributed by atoms with Gasteiger partial charge in [0.15, 0.2) is 17.1 Å². The lowest BCUT2D eigenvalue weighted by molar-refractivity contribution is 0.880. The minimum absolute atomic E-state index is 0.526. The van der Waals surface area contributed by atoms with Crippen LogP contribution < -0.4 is 5.32 Å². The number of aromatic nitrogens is 6. The fourth-order valence-electron chi connectivity index (χ4n) is 2.98. The van der Waals surface area contributed by atoms with E-state index in [4.69, 9.17) is 0 Å². The fraction of sp³-hybridized carbons (Fsp3) is 0.0526. The molecule has 7 nitrogen and oxygen atoms in total. The van der Waals surface area contributed by atoms with Crippen LogP contribution in [0.5, 0.6) is 0 Å². The third-order valence-corrected chi connectivity index (χ3v) is 4.24. The van der Waals surface area contributed by atoms with Crippen molar-refractivity contribution in [3.63, 3.8) is 0 Å². The number of nitrogens with zero attached hydrogens (tertiary/aromatic N) is 6. The van der Waals surface area contributed by atoms with Crippen LogP contribution >= 0.6 is 0 Å². The van der Waals surface area contributed by atoms with Crippen LogP contribution in [-0.2, 0) is 6.54 Å². The van der Waals surface area contributed by atoms with E-state index in [0.717, 1.165) is 34.2 Å². The van der Waals surface area contributed by atoms with Crippen LogP contribution in [0.2, 0.25) is 0 Å². The van der Waals surface area contributed by atoms with E-state index < -0.39 is 0 Å². The lowest BCUT2D eigenvalue weighted by atomic mass is 10.1. The Labute approximate surface area is 149 Å². The molecule has 4 aromatic heterocycles. The van der Waals surface area contributed by atoms with Crippen molar-refractivity contribution in [2.45, 2.75) is 6.54 Å². The third kappa shape index (κ3) is 2.46. The summed E-state index contributed by atoms with van der Waals surface area (Å²) >= 11 is 0. The van der Waals surface area contributed by atoms with Crippen LogP contribution in [0.3, 0.4) is 0 Å². The summed E-state index contributed by atoms with van der Waals surface area (Å²) in [5.74, 6) is 1.69. The van der Waals surface area contributed by atoms with Crippen molar-refractivity contribution in [1.29, 1.82) is 0 Å². The summed E-state index contributed by atoms with van der Waals surface area (Å²) in [6, 6.07) is 19.8. The Kier molecular flexibility index (Phi) is 3.35. The summed E-state index contributed by atoms with van der Waals surface area (Å²) in [6.07, 6.45) is 3.70. The van der Waals surface area contributed by atoms with E-state index in [1.165, 1.54) is 0 Å². The molecule has 5 rings (SSSR count). The van der Waals surface area contributed by atoms with Gasteiger partial charge in [-0.2, -0.15) is 9.61 Å². The van der Waals surface area contributed by atoms with Crippen molar-refractivity contribution in [3.05, 3.63) is 78.9 Å². The molecule has 0 spiro atoms. The molecule has 1 N–H and O–H groups in total.